The van der Waals surface area contributed by atoms with Gasteiger partial charge in [0.15, 0.2) is 0 Å². The van der Waals surface area contributed by atoms with Crippen LogP contribution < -0.4 is 43.4 Å². The van der Waals surface area contributed by atoms with Gasteiger partial charge in [0, 0.05) is 83.9 Å². The van der Waals surface area contributed by atoms with E-state index >= 15 is 0 Å². The molecule has 1 unspecified atom stereocenters. The smallest absolute Gasteiger partial charge is 0.259 e. The number of fused-ring (bicyclic) bond motifs is 2. The van der Waals surface area contributed by atoms with Crippen molar-refractivity contribution in [3.05, 3.63) is 72.1 Å². The van der Waals surface area contributed by atoms with Crippen LogP contribution in [0.2, 0.25) is 0 Å². The molecule has 5 atom stereocenters. The van der Waals surface area contributed by atoms with Crippen LogP contribution in [0.4, 0.5) is 0 Å². The number of benzene rings is 2. The van der Waals surface area contributed by atoms with Gasteiger partial charge in [-0.2, -0.15) is 11.8 Å². The number of likely N-dealkylation sites (tertiary alicyclic amines) is 1. The van der Waals surface area contributed by atoms with Crippen molar-refractivity contribution >= 4 is 92.0 Å². The molecular formula is C52H71N11O11S. The van der Waals surface area contributed by atoms with E-state index in [1.165, 1.54) is 30.6 Å². The van der Waals surface area contributed by atoms with Crippen molar-refractivity contribution in [3.8, 4) is 0 Å². The number of aliphatic hydroxyl groups is 1. The van der Waals surface area contributed by atoms with Gasteiger partial charge in [-0.05, 0) is 76.6 Å². The van der Waals surface area contributed by atoms with E-state index in [-0.39, 0.29) is 44.3 Å². The summed E-state index contributed by atoms with van der Waals surface area (Å²) in [7, 11) is 1.47. The van der Waals surface area contributed by atoms with Gasteiger partial charge in [0.05, 0.1) is 44.2 Å². The van der Waals surface area contributed by atoms with E-state index in [0.29, 0.717) is 99.4 Å². The molecule has 4 heterocycles. The van der Waals surface area contributed by atoms with E-state index < -0.39 is 78.2 Å². The lowest BCUT2D eigenvalue weighted by molar-refractivity contribution is -0.143. The molecule has 2 aromatic carbocycles. The van der Waals surface area contributed by atoms with E-state index in [2.05, 4.69) is 36.9 Å². The van der Waals surface area contributed by atoms with E-state index in [1.54, 1.807) is 6.20 Å². The van der Waals surface area contributed by atoms with Gasteiger partial charge in [-0.25, -0.2) is 0 Å². The van der Waals surface area contributed by atoms with Crippen molar-refractivity contribution in [3.63, 3.8) is 0 Å². The highest BCUT2D eigenvalue weighted by Gasteiger charge is 2.40. The number of carbonyl (C=O) groups excluding carboxylic acids is 8. The van der Waals surface area contributed by atoms with Crippen LogP contribution >= 0.6 is 11.8 Å². The molecule has 2 aliphatic rings. The minimum atomic E-state index is -1.43. The maximum absolute atomic E-state index is 13.9. The SMILES string of the molecule is CNC(=O)[C@H](CCCCN)NC(=O)[C@H](CCCCN)NC(=O)[C@@H]1CCCN1C(=O)C(CO)NC(=O)[C@H](CSCCOCCOCCn1cc(C2=C(c3c[nH]c4ccccc34)C(=O)NC2=O)c2ccccc21)NC(C)=O. The summed E-state index contributed by atoms with van der Waals surface area (Å²) in [4.78, 5) is 111. The van der Waals surface area contributed by atoms with E-state index in [9.17, 15) is 43.5 Å². The van der Waals surface area contributed by atoms with E-state index in [1.807, 2.05) is 59.3 Å². The highest BCUT2D eigenvalue weighted by atomic mass is 32.2. The standard InChI is InChI=1S/C52H71N11O11S/c1-32(65)57-41(48(68)60-40(30-64)52(72)63-21-11-18-43(63)49(69)59-39(16-8-10-20-54)47(67)58-38(46(66)55-2)15-7-9-19-53)31-75-27-26-74-25-24-73-23-22-62-29-36(34-13-4-6-17-42(34)62)45-44(50(70)61-51(45)71)35-28-56-37-14-5-3-12-33(35)37/h3-6,12-14,17,28-29,38-41,43,56,64H,7-11,15-16,18-27,30-31,53-54H2,1-2H3,(H,55,66)(H,57,65)(H,58,67)(H,59,69)(H,60,68)(H,61,70,71)/t38-,39-,40?,41-,43-/m0/s1. The summed E-state index contributed by atoms with van der Waals surface area (Å²) in [5.41, 5.74) is 15.0. The predicted octanol–water partition coefficient (Wildman–Crippen LogP) is 0.403. The predicted molar refractivity (Wildman–Crippen MR) is 284 cm³/mol. The summed E-state index contributed by atoms with van der Waals surface area (Å²) in [5.74, 6) is -3.76. The maximum atomic E-state index is 13.9. The number of carbonyl (C=O) groups is 8. The molecule has 1 saturated heterocycles. The number of nitrogens with one attached hydrogen (secondary N) is 7. The zero-order valence-corrected chi connectivity index (χ0v) is 43.4. The molecule has 4 aromatic rings. The first-order valence-electron chi connectivity index (χ1n) is 25.5. The van der Waals surface area contributed by atoms with Crippen LogP contribution in [0.5, 0.6) is 0 Å². The normalized spacial score (nSPS) is 16.2. The summed E-state index contributed by atoms with van der Waals surface area (Å²) < 4.78 is 13.7. The zero-order chi connectivity index (χ0) is 53.9. The number of aromatic nitrogens is 2. The third kappa shape index (κ3) is 15.3. The Balaban J connectivity index is 0.954. The number of hydrogen-bond acceptors (Lipinski definition) is 14. The van der Waals surface area contributed by atoms with Gasteiger partial charge < -0.3 is 67.1 Å². The lowest BCUT2D eigenvalue weighted by Gasteiger charge is -2.30. The van der Waals surface area contributed by atoms with Crippen molar-refractivity contribution in [2.75, 3.05) is 71.2 Å². The van der Waals surface area contributed by atoms with Crippen molar-refractivity contribution in [1.82, 2.24) is 46.4 Å². The quantitative estimate of drug-likeness (QED) is 0.0241. The second-order valence-electron chi connectivity index (χ2n) is 18.3. The lowest BCUT2D eigenvalue weighted by Crippen LogP contribution is -2.59. The highest BCUT2D eigenvalue weighted by molar-refractivity contribution is 7.99. The fourth-order valence-corrected chi connectivity index (χ4v) is 10.2. The largest absolute Gasteiger partial charge is 0.394 e. The Kier molecular flexibility index (Phi) is 22.2. The monoisotopic (exact) mass is 1060 g/mol. The first kappa shape index (κ1) is 57.6. The van der Waals surface area contributed by atoms with E-state index in [4.69, 9.17) is 20.9 Å². The number of imide groups is 1. The first-order chi connectivity index (χ1) is 36.3. The number of amides is 8. The maximum Gasteiger partial charge on any atom is 0.259 e. The average Bonchev–Trinajstić information content (AvgIpc) is 4.21. The topological polar surface area (TPSA) is 323 Å². The summed E-state index contributed by atoms with van der Waals surface area (Å²) in [6, 6.07) is 9.90. The fourth-order valence-electron chi connectivity index (χ4n) is 9.31. The molecule has 0 spiro atoms. The zero-order valence-electron chi connectivity index (χ0n) is 42.6. The number of likely N-dealkylation sites (N-methyl/N-ethyl adjacent to an activating group) is 1. The Morgan fingerprint density at radius 2 is 1.39 bits per heavy atom. The summed E-state index contributed by atoms with van der Waals surface area (Å²) in [5, 5.41) is 27.7. The van der Waals surface area contributed by atoms with Crippen molar-refractivity contribution in [2.24, 2.45) is 11.5 Å². The van der Waals surface area contributed by atoms with Crippen molar-refractivity contribution in [2.45, 2.75) is 95.0 Å². The van der Waals surface area contributed by atoms with Gasteiger partial charge in [0.1, 0.15) is 30.2 Å². The Morgan fingerprint density at radius 3 is 2.07 bits per heavy atom. The molecule has 1 fully saturated rings. The number of rotatable bonds is 31. The summed E-state index contributed by atoms with van der Waals surface area (Å²) in [6.45, 7) is 3.10. The second kappa shape index (κ2) is 28.9. The molecule has 0 aliphatic carbocycles. The first-order valence-corrected chi connectivity index (χ1v) is 26.7. The van der Waals surface area contributed by atoms with Gasteiger partial charge in [0.2, 0.25) is 35.4 Å². The Labute approximate surface area is 439 Å². The molecule has 8 amide bonds. The molecule has 75 heavy (non-hydrogen) atoms. The minimum Gasteiger partial charge on any atom is -0.394 e. The number of H-pyrrole nitrogens is 1. The number of hydrogen-bond donors (Lipinski definition) is 10. The molecule has 12 N–H and O–H groups in total. The average molecular weight is 1060 g/mol. The lowest BCUT2D eigenvalue weighted by atomic mass is 9.95. The number of unbranched alkanes of at least 4 members (excludes halogenated alkanes) is 2. The molecule has 23 heteroatoms. The molecule has 0 saturated carbocycles. The Hall–Kier alpha value is -6.63. The van der Waals surface area contributed by atoms with Gasteiger partial charge in [-0.1, -0.05) is 36.4 Å². The van der Waals surface area contributed by atoms with Gasteiger partial charge >= 0.3 is 0 Å². The van der Waals surface area contributed by atoms with Crippen molar-refractivity contribution < 1.29 is 52.9 Å². The molecular weight excluding hydrogens is 987 g/mol. The van der Waals surface area contributed by atoms with Gasteiger partial charge in [-0.3, -0.25) is 43.7 Å². The van der Waals surface area contributed by atoms with Crippen LogP contribution in [-0.2, 0) is 54.4 Å². The number of aliphatic hydroxyl groups excluding tert-OH is 1. The highest BCUT2D eigenvalue weighted by Crippen LogP contribution is 2.38. The molecule has 0 bridgehead atoms. The van der Waals surface area contributed by atoms with Crippen LogP contribution in [0.3, 0.4) is 0 Å². The number of thioether (sulfide) groups is 1. The molecule has 2 aliphatic heterocycles. The van der Waals surface area contributed by atoms with Crippen molar-refractivity contribution in [1.29, 1.82) is 0 Å². The van der Waals surface area contributed by atoms with Crippen LogP contribution in [-0.4, -0.2) is 168 Å². The Bertz CT molecular complexity index is 2690. The molecule has 2 aromatic heterocycles. The number of ether oxygens (including phenoxy) is 2. The van der Waals surface area contributed by atoms with E-state index in [0.717, 1.165) is 21.8 Å². The van der Waals surface area contributed by atoms with Crippen LogP contribution in [0, 0.1) is 0 Å². The van der Waals surface area contributed by atoms with Gasteiger partial charge in [-0.15, -0.1) is 0 Å². The fraction of sp³-hybridized carbons (Fsp3) is 0.500. The molecule has 22 nitrogen and oxygen atoms in total. The Morgan fingerprint density at radius 1 is 0.760 bits per heavy atom. The van der Waals surface area contributed by atoms with Gasteiger partial charge in [0.25, 0.3) is 11.8 Å². The van der Waals surface area contributed by atoms with Crippen LogP contribution in [0.1, 0.15) is 69.4 Å². The van der Waals surface area contributed by atoms with Crippen LogP contribution in [0.15, 0.2) is 60.9 Å². The number of nitrogens with two attached hydrogens (primary N) is 2. The minimum absolute atomic E-state index is 0.122. The third-order valence-corrected chi connectivity index (χ3v) is 14.1. The third-order valence-electron chi connectivity index (χ3n) is 13.1. The number of aromatic amines is 1. The summed E-state index contributed by atoms with van der Waals surface area (Å²) in [6.07, 6.45) is 7.29. The molecule has 406 valence electrons. The number of nitrogens with zero attached hydrogens (tertiary/aromatic N) is 2. The second-order valence-corrected chi connectivity index (χ2v) is 19.5. The number of para-hydroxylation sites is 2. The summed E-state index contributed by atoms with van der Waals surface area (Å²) >= 11 is 1.33. The van der Waals surface area contributed by atoms with Crippen LogP contribution in [0.25, 0.3) is 33.0 Å². The molecule has 0 radical (unpaired) electrons. The molecule has 6 rings (SSSR count).